The van der Waals surface area contributed by atoms with Gasteiger partial charge in [0.25, 0.3) is 0 Å². The van der Waals surface area contributed by atoms with E-state index < -0.39 is 0 Å². The maximum atomic E-state index is 5.23. The van der Waals surface area contributed by atoms with Crippen molar-refractivity contribution in [2.75, 3.05) is 39.8 Å². The first-order valence-corrected chi connectivity index (χ1v) is 8.85. The molecule has 24 heavy (non-hydrogen) atoms. The van der Waals surface area contributed by atoms with Crippen LogP contribution in [0.1, 0.15) is 11.1 Å². The largest absolute Gasteiger partial charge is 0.497 e. The van der Waals surface area contributed by atoms with Crippen LogP contribution in [0.4, 0.5) is 0 Å². The van der Waals surface area contributed by atoms with Crippen molar-refractivity contribution in [3.63, 3.8) is 0 Å². The van der Waals surface area contributed by atoms with Crippen LogP contribution < -0.4 is 14.5 Å². The highest BCUT2D eigenvalue weighted by molar-refractivity contribution is 5.48. The average molecular weight is 324 g/mol. The molecule has 1 fully saturated rings. The Hall–Kier alpha value is -2.10. The maximum Gasteiger partial charge on any atom is 0.127 e. The van der Waals surface area contributed by atoms with Gasteiger partial charge in [-0.15, -0.1) is 0 Å². The fourth-order valence-electron chi connectivity index (χ4n) is 3.30. The van der Waals surface area contributed by atoms with E-state index in [4.69, 9.17) is 4.74 Å². The Kier molecular flexibility index (Phi) is 6.05. The highest BCUT2D eigenvalue weighted by Crippen LogP contribution is 2.10. The van der Waals surface area contributed by atoms with Crippen LogP contribution >= 0.6 is 0 Å². The molecule has 2 aromatic rings. The molecule has 1 saturated heterocycles. The highest BCUT2D eigenvalue weighted by Gasteiger charge is 2.21. The zero-order valence-electron chi connectivity index (χ0n) is 14.5. The van der Waals surface area contributed by atoms with Gasteiger partial charge in [0.05, 0.1) is 13.7 Å². The molecule has 3 nitrogen and oxygen atoms in total. The van der Waals surface area contributed by atoms with E-state index in [0.717, 1.165) is 18.8 Å². The van der Waals surface area contributed by atoms with Gasteiger partial charge in [-0.25, -0.2) is 0 Å². The Balaban J connectivity index is 1.41. The lowest BCUT2D eigenvalue weighted by Gasteiger charge is -2.29. The van der Waals surface area contributed by atoms with E-state index in [2.05, 4.69) is 66.7 Å². The van der Waals surface area contributed by atoms with E-state index in [0.29, 0.717) is 0 Å². The molecule has 3 heteroatoms. The molecule has 2 N–H and O–H groups in total. The van der Waals surface area contributed by atoms with Gasteiger partial charge in [0.1, 0.15) is 38.5 Å². The summed E-state index contributed by atoms with van der Waals surface area (Å²) in [5.74, 6) is 0.938. The van der Waals surface area contributed by atoms with Crippen LogP contribution in [0.25, 0.3) is 6.08 Å². The number of hydrogen-bond acceptors (Lipinski definition) is 1. The van der Waals surface area contributed by atoms with Crippen LogP contribution in [0.5, 0.6) is 5.75 Å². The van der Waals surface area contributed by atoms with Crippen molar-refractivity contribution in [1.29, 1.82) is 0 Å². The normalized spacial score (nSPS) is 21.0. The van der Waals surface area contributed by atoms with Crippen molar-refractivity contribution < 1.29 is 14.5 Å². The summed E-state index contributed by atoms with van der Waals surface area (Å²) in [4.78, 5) is 3.39. The third-order valence-electron chi connectivity index (χ3n) is 4.79. The summed E-state index contributed by atoms with van der Waals surface area (Å²) in [6.45, 7) is 7.26. The lowest BCUT2D eigenvalue weighted by Crippen LogP contribution is -3.27. The molecule has 0 atom stereocenters. The summed E-state index contributed by atoms with van der Waals surface area (Å²) < 4.78 is 5.23. The second kappa shape index (κ2) is 8.67. The first-order chi connectivity index (χ1) is 11.8. The molecule has 0 radical (unpaired) electrons. The van der Waals surface area contributed by atoms with E-state index >= 15 is 0 Å². The van der Waals surface area contributed by atoms with E-state index in [1.54, 1.807) is 16.9 Å². The number of nitrogens with one attached hydrogen (secondary N) is 2. The first-order valence-electron chi connectivity index (χ1n) is 8.85. The second-order valence-corrected chi connectivity index (χ2v) is 6.54. The Labute approximate surface area is 145 Å². The smallest absolute Gasteiger partial charge is 0.127 e. The molecular formula is C21H28N2O+2. The first kappa shape index (κ1) is 16.7. The minimum absolute atomic E-state index is 0.938. The van der Waals surface area contributed by atoms with Gasteiger partial charge in [0.15, 0.2) is 0 Å². The van der Waals surface area contributed by atoms with Crippen molar-refractivity contribution in [2.24, 2.45) is 0 Å². The van der Waals surface area contributed by atoms with Gasteiger partial charge in [-0.2, -0.15) is 0 Å². The predicted molar refractivity (Wildman–Crippen MR) is 98.4 cm³/mol. The van der Waals surface area contributed by atoms with E-state index in [1.807, 2.05) is 0 Å². The molecule has 0 bridgehead atoms. The second-order valence-electron chi connectivity index (χ2n) is 6.54. The van der Waals surface area contributed by atoms with Gasteiger partial charge >= 0.3 is 0 Å². The van der Waals surface area contributed by atoms with Crippen molar-refractivity contribution in [3.8, 4) is 5.75 Å². The quantitative estimate of drug-likeness (QED) is 0.800. The van der Waals surface area contributed by atoms with Crippen molar-refractivity contribution >= 4 is 6.08 Å². The van der Waals surface area contributed by atoms with Crippen molar-refractivity contribution in [3.05, 3.63) is 71.8 Å². The minimum Gasteiger partial charge on any atom is -0.497 e. The Morgan fingerprint density at radius 1 is 0.875 bits per heavy atom. The van der Waals surface area contributed by atoms with Crippen LogP contribution in [-0.4, -0.2) is 39.8 Å². The summed E-state index contributed by atoms with van der Waals surface area (Å²) >= 11 is 0. The van der Waals surface area contributed by atoms with E-state index in [1.165, 1.54) is 37.3 Å². The number of quaternary nitrogens is 2. The van der Waals surface area contributed by atoms with Gasteiger partial charge in [0.2, 0.25) is 0 Å². The van der Waals surface area contributed by atoms with Gasteiger partial charge in [0, 0.05) is 5.56 Å². The molecule has 0 amide bonds. The van der Waals surface area contributed by atoms with Gasteiger partial charge in [-0.3, -0.25) is 0 Å². The highest BCUT2D eigenvalue weighted by atomic mass is 16.5. The van der Waals surface area contributed by atoms with Gasteiger partial charge < -0.3 is 14.5 Å². The molecular weight excluding hydrogens is 296 g/mol. The average Bonchev–Trinajstić information content (AvgIpc) is 2.65. The number of methoxy groups -OCH3 is 1. The van der Waals surface area contributed by atoms with Crippen LogP contribution in [0.2, 0.25) is 0 Å². The van der Waals surface area contributed by atoms with Gasteiger partial charge in [-0.1, -0.05) is 36.4 Å². The van der Waals surface area contributed by atoms with E-state index in [9.17, 15) is 0 Å². The van der Waals surface area contributed by atoms with Crippen LogP contribution in [0.3, 0.4) is 0 Å². The minimum atomic E-state index is 0.938. The van der Waals surface area contributed by atoms with E-state index in [-0.39, 0.29) is 0 Å². The molecule has 1 aliphatic rings. The number of benzene rings is 2. The lowest BCUT2D eigenvalue weighted by atomic mass is 10.2. The Morgan fingerprint density at radius 3 is 2.21 bits per heavy atom. The fourth-order valence-corrected chi connectivity index (χ4v) is 3.30. The van der Waals surface area contributed by atoms with Crippen LogP contribution in [0, 0.1) is 0 Å². The predicted octanol–water partition coefficient (Wildman–Crippen LogP) is 0.692. The Morgan fingerprint density at radius 2 is 1.54 bits per heavy atom. The monoisotopic (exact) mass is 324 g/mol. The molecule has 0 saturated carbocycles. The summed E-state index contributed by atoms with van der Waals surface area (Å²) in [7, 11) is 1.72. The summed E-state index contributed by atoms with van der Waals surface area (Å²) in [6, 6.07) is 19.1. The molecule has 126 valence electrons. The Bertz CT molecular complexity index is 629. The topological polar surface area (TPSA) is 18.1 Å². The SMILES string of the molecule is COc1ccc(C[NH+]2CC[NH+](C/C=C/c3ccccc3)CC2)cc1. The number of piperazine rings is 1. The fraction of sp³-hybridized carbons (Fsp3) is 0.333. The van der Waals surface area contributed by atoms with Crippen molar-refractivity contribution in [1.82, 2.24) is 0 Å². The number of hydrogen-bond donors (Lipinski definition) is 2. The van der Waals surface area contributed by atoms with Crippen molar-refractivity contribution in [2.45, 2.75) is 6.54 Å². The summed E-state index contributed by atoms with van der Waals surface area (Å²) in [5.41, 5.74) is 2.69. The zero-order chi connectivity index (χ0) is 16.6. The summed E-state index contributed by atoms with van der Waals surface area (Å²) in [6.07, 6.45) is 4.56. The third kappa shape index (κ3) is 4.95. The third-order valence-corrected chi connectivity index (χ3v) is 4.79. The molecule has 3 rings (SSSR count). The number of ether oxygens (including phenoxy) is 1. The van der Waals surface area contributed by atoms with Crippen LogP contribution in [0.15, 0.2) is 60.7 Å². The standard InChI is InChI=1S/C21H26N2O/c1-24-21-11-9-20(10-12-21)18-23-16-14-22(15-17-23)13-5-8-19-6-3-2-4-7-19/h2-12H,13-18H2,1H3/p+2/b8-5+. The molecule has 2 aromatic carbocycles. The molecule has 0 aliphatic carbocycles. The number of rotatable bonds is 6. The molecule has 0 spiro atoms. The molecule has 0 unspecified atom stereocenters. The summed E-state index contributed by atoms with van der Waals surface area (Å²) in [5, 5.41) is 0. The molecule has 1 heterocycles. The zero-order valence-corrected chi connectivity index (χ0v) is 14.5. The molecule has 1 aliphatic heterocycles. The van der Waals surface area contributed by atoms with Gasteiger partial charge in [-0.05, 0) is 35.9 Å². The lowest BCUT2D eigenvalue weighted by molar-refractivity contribution is -1.02. The maximum absolute atomic E-state index is 5.23. The van der Waals surface area contributed by atoms with Crippen LogP contribution in [-0.2, 0) is 6.54 Å². The molecule has 0 aromatic heterocycles.